The molecule has 0 radical (unpaired) electrons. The molecule has 0 aliphatic carbocycles. The Morgan fingerprint density at radius 1 is 0.370 bits per heavy atom. The van der Waals surface area contributed by atoms with Gasteiger partial charge in [0.2, 0.25) is 0 Å². The molecule has 0 atom stereocenters. The first kappa shape index (κ1) is 26.0. The molecule has 0 saturated heterocycles. The number of hydrogen-bond donors (Lipinski definition) is 0. The van der Waals surface area contributed by atoms with Crippen molar-refractivity contribution < 1.29 is 0 Å². The van der Waals surface area contributed by atoms with Crippen molar-refractivity contribution in [1.29, 1.82) is 0 Å². The van der Waals surface area contributed by atoms with Gasteiger partial charge in [0.25, 0.3) is 0 Å². The van der Waals surface area contributed by atoms with Gasteiger partial charge >= 0.3 is 0 Å². The minimum absolute atomic E-state index is 0.859. The minimum atomic E-state index is 0.859. The summed E-state index contributed by atoms with van der Waals surface area (Å²) in [5, 5.41) is 0. The van der Waals surface area contributed by atoms with Crippen molar-refractivity contribution in [3.8, 4) is 17.1 Å². The lowest BCUT2D eigenvalue weighted by Gasteiger charge is -2.26. The molecule has 218 valence electrons. The Kier molecular flexibility index (Phi) is 5.99. The summed E-state index contributed by atoms with van der Waals surface area (Å²) in [5.74, 6) is 0. The van der Waals surface area contributed by atoms with E-state index in [1.807, 2.05) is 49.3 Å². The SMILES string of the molecule is c1ccc(N(c2ccccc2)c2cccc(-n3cnc4c5ncn(-c6ccc7c(c6)ncn7-c6ccccc6)c5ccc43)c2)cc1. The third-order valence-corrected chi connectivity index (χ3v) is 8.47. The average Bonchev–Trinajstić information content (AvgIpc) is 3.86. The molecule has 46 heavy (non-hydrogen) atoms. The lowest BCUT2D eigenvalue weighted by molar-refractivity contribution is 1.08. The number of aromatic nitrogens is 6. The molecule has 0 unspecified atom stereocenters. The maximum absolute atomic E-state index is 4.87. The van der Waals surface area contributed by atoms with Crippen LogP contribution in [-0.4, -0.2) is 28.7 Å². The summed E-state index contributed by atoms with van der Waals surface area (Å²) in [6.45, 7) is 0. The van der Waals surface area contributed by atoms with Gasteiger partial charge in [0.05, 0.1) is 22.1 Å². The van der Waals surface area contributed by atoms with Crippen molar-refractivity contribution in [2.75, 3.05) is 4.90 Å². The highest BCUT2D eigenvalue weighted by molar-refractivity contribution is 6.01. The van der Waals surface area contributed by atoms with Crippen LogP contribution in [0.25, 0.3) is 50.2 Å². The minimum Gasteiger partial charge on any atom is -0.310 e. The molecule has 0 spiro atoms. The Morgan fingerprint density at radius 2 is 0.848 bits per heavy atom. The molecule has 9 aromatic rings. The van der Waals surface area contributed by atoms with Crippen LogP contribution < -0.4 is 4.90 Å². The Bertz CT molecular complexity index is 2440. The van der Waals surface area contributed by atoms with Gasteiger partial charge in [-0.2, -0.15) is 0 Å². The van der Waals surface area contributed by atoms with E-state index in [9.17, 15) is 0 Å². The third kappa shape index (κ3) is 4.25. The fourth-order valence-electron chi connectivity index (χ4n) is 6.30. The van der Waals surface area contributed by atoms with Gasteiger partial charge in [0.15, 0.2) is 0 Å². The second-order valence-electron chi connectivity index (χ2n) is 11.2. The summed E-state index contributed by atoms with van der Waals surface area (Å²) in [7, 11) is 0. The standard InChI is InChI=1S/C39H27N7/c1-4-11-28(12-5-1)43-25-40-34-24-32(19-20-35(34)43)45-27-42-39-37(45)22-21-36-38(39)41-26-44(36)31-17-10-18-33(23-31)46(29-13-6-2-7-14-29)30-15-8-3-9-16-30/h1-27H. The monoisotopic (exact) mass is 593 g/mol. The van der Waals surface area contributed by atoms with Crippen LogP contribution in [0.15, 0.2) is 165 Å². The number of anilines is 3. The van der Waals surface area contributed by atoms with Crippen molar-refractivity contribution in [3.63, 3.8) is 0 Å². The van der Waals surface area contributed by atoms with Crippen LogP contribution in [0.3, 0.4) is 0 Å². The summed E-state index contributed by atoms with van der Waals surface area (Å²) in [6.07, 6.45) is 5.64. The predicted octanol–water partition coefficient (Wildman–Crippen LogP) is 9.17. The second-order valence-corrected chi connectivity index (χ2v) is 11.2. The number of fused-ring (bicyclic) bond motifs is 4. The van der Waals surface area contributed by atoms with Crippen molar-refractivity contribution in [2.24, 2.45) is 0 Å². The molecule has 3 aromatic heterocycles. The highest BCUT2D eigenvalue weighted by Gasteiger charge is 2.16. The first-order valence-corrected chi connectivity index (χ1v) is 15.2. The molecule has 0 fully saturated rings. The Balaban J connectivity index is 1.10. The number of hydrogen-bond acceptors (Lipinski definition) is 4. The quantitative estimate of drug-likeness (QED) is 0.193. The van der Waals surface area contributed by atoms with Gasteiger partial charge in [-0.25, -0.2) is 15.0 Å². The van der Waals surface area contributed by atoms with Crippen LogP contribution in [0.2, 0.25) is 0 Å². The molecule has 6 aromatic carbocycles. The zero-order chi connectivity index (χ0) is 30.5. The van der Waals surface area contributed by atoms with Crippen molar-refractivity contribution in [3.05, 3.63) is 165 Å². The molecule has 9 rings (SSSR count). The van der Waals surface area contributed by atoms with Crippen LogP contribution in [0, 0.1) is 0 Å². The smallest absolute Gasteiger partial charge is 0.117 e. The summed E-state index contributed by atoms with van der Waals surface area (Å²) < 4.78 is 6.34. The van der Waals surface area contributed by atoms with E-state index in [2.05, 4.69) is 134 Å². The molecule has 3 heterocycles. The van der Waals surface area contributed by atoms with E-state index in [0.717, 1.165) is 67.2 Å². The Morgan fingerprint density at radius 3 is 1.48 bits per heavy atom. The second kappa shape index (κ2) is 10.6. The van der Waals surface area contributed by atoms with Crippen molar-refractivity contribution in [2.45, 2.75) is 0 Å². The topological polar surface area (TPSA) is 56.7 Å². The highest BCUT2D eigenvalue weighted by Crippen LogP contribution is 2.36. The predicted molar refractivity (Wildman–Crippen MR) is 185 cm³/mol. The van der Waals surface area contributed by atoms with Gasteiger partial charge in [0, 0.05) is 34.1 Å². The summed E-state index contributed by atoms with van der Waals surface area (Å²) in [4.78, 5) is 16.7. The van der Waals surface area contributed by atoms with E-state index >= 15 is 0 Å². The average molecular weight is 594 g/mol. The molecule has 0 N–H and O–H groups in total. The first-order chi connectivity index (χ1) is 22.8. The summed E-state index contributed by atoms with van der Waals surface area (Å²) in [6, 6.07) is 50.3. The summed E-state index contributed by atoms with van der Waals surface area (Å²) in [5.41, 5.74) is 12.1. The highest BCUT2D eigenvalue weighted by atomic mass is 15.1. The van der Waals surface area contributed by atoms with E-state index in [1.165, 1.54) is 0 Å². The molecular formula is C39H27N7. The zero-order valence-corrected chi connectivity index (χ0v) is 24.7. The zero-order valence-electron chi connectivity index (χ0n) is 24.7. The lowest BCUT2D eigenvalue weighted by atomic mass is 10.1. The van der Waals surface area contributed by atoms with Crippen molar-refractivity contribution >= 4 is 50.2 Å². The van der Waals surface area contributed by atoms with Crippen LogP contribution in [-0.2, 0) is 0 Å². The molecule has 0 saturated carbocycles. The molecule has 0 bridgehead atoms. The van der Waals surface area contributed by atoms with E-state index in [0.29, 0.717) is 0 Å². The van der Waals surface area contributed by atoms with Gasteiger partial charge in [-0.15, -0.1) is 0 Å². The molecule has 7 nitrogen and oxygen atoms in total. The van der Waals surface area contributed by atoms with E-state index < -0.39 is 0 Å². The third-order valence-electron chi connectivity index (χ3n) is 8.47. The van der Waals surface area contributed by atoms with E-state index in [-0.39, 0.29) is 0 Å². The Hall–Kier alpha value is -6.47. The van der Waals surface area contributed by atoms with Gasteiger partial charge < -0.3 is 4.90 Å². The molecule has 7 heteroatoms. The van der Waals surface area contributed by atoms with Crippen LogP contribution in [0.5, 0.6) is 0 Å². The fourth-order valence-corrected chi connectivity index (χ4v) is 6.30. The normalized spacial score (nSPS) is 11.5. The van der Waals surface area contributed by atoms with Gasteiger partial charge in [-0.05, 0) is 84.9 Å². The van der Waals surface area contributed by atoms with Crippen molar-refractivity contribution in [1.82, 2.24) is 28.7 Å². The number of nitrogens with zero attached hydrogens (tertiary/aromatic N) is 7. The number of para-hydroxylation sites is 3. The maximum atomic E-state index is 4.87. The van der Waals surface area contributed by atoms with Gasteiger partial charge in [-0.3, -0.25) is 13.7 Å². The maximum Gasteiger partial charge on any atom is 0.117 e. The molecule has 0 aliphatic heterocycles. The van der Waals surface area contributed by atoms with E-state index in [1.54, 1.807) is 0 Å². The first-order valence-electron chi connectivity index (χ1n) is 15.2. The number of rotatable bonds is 6. The molecular weight excluding hydrogens is 566 g/mol. The van der Waals surface area contributed by atoms with Crippen LogP contribution in [0.4, 0.5) is 17.1 Å². The number of benzene rings is 6. The van der Waals surface area contributed by atoms with Gasteiger partial charge in [0.1, 0.15) is 30.0 Å². The van der Waals surface area contributed by atoms with Crippen LogP contribution in [0.1, 0.15) is 0 Å². The molecule has 0 amide bonds. The summed E-state index contributed by atoms with van der Waals surface area (Å²) >= 11 is 0. The van der Waals surface area contributed by atoms with E-state index in [4.69, 9.17) is 15.0 Å². The Labute approximate surface area is 264 Å². The van der Waals surface area contributed by atoms with Crippen LogP contribution >= 0.6 is 0 Å². The largest absolute Gasteiger partial charge is 0.310 e. The molecule has 0 aliphatic rings. The fraction of sp³-hybridized carbons (Fsp3) is 0. The number of imidazole rings is 3. The lowest BCUT2D eigenvalue weighted by Crippen LogP contribution is -2.10. The van der Waals surface area contributed by atoms with Gasteiger partial charge in [-0.1, -0.05) is 60.7 Å².